The van der Waals surface area contributed by atoms with Crippen LogP contribution in [0.1, 0.15) is 57.0 Å². The van der Waals surface area contributed by atoms with Crippen molar-refractivity contribution < 1.29 is 14.3 Å². The summed E-state index contributed by atoms with van der Waals surface area (Å²) in [6, 6.07) is 6.00. The second-order valence-electron chi connectivity index (χ2n) is 6.97. The summed E-state index contributed by atoms with van der Waals surface area (Å²) >= 11 is 0. The molecule has 7 heteroatoms. The van der Waals surface area contributed by atoms with Gasteiger partial charge in [-0.2, -0.15) is 0 Å². The van der Waals surface area contributed by atoms with Crippen LogP contribution in [0.15, 0.2) is 24.3 Å². The van der Waals surface area contributed by atoms with E-state index in [1.807, 2.05) is 20.8 Å². The minimum absolute atomic E-state index is 0.00155. The van der Waals surface area contributed by atoms with Crippen molar-refractivity contribution in [1.82, 2.24) is 19.7 Å². The Morgan fingerprint density at radius 3 is 2.60 bits per heavy atom. The van der Waals surface area contributed by atoms with Crippen LogP contribution in [0.2, 0.25) is 0 Å². The first-order valence-electron chi connectivity index (χ1n) is 8.37. The molecule has 0 saturated carbocycles. The van der Waals surface area contributed by atoms with Crippen LogP contribution in [0, 0.1) is 5.82 Å². The SMILES string of the molecule is CCN(CC(C)(C)O)C(=O)c1nc(C(C)C)n(-c2cccc(F)c2)n1. The van der Waals surface area contributed by atoms with Crippen LogP contribution < -0.4 is 0 Å². The molecule has 2 aromatic rings. The van der Waals surface area contributed by atoms with Gasteiger partial charge in [-0.05, 0) is 39.0 Å². The fourth-order valence-electron chi connectivity index (χ4n) is 2.52. The predicted molar refractivity (Wildman–Crippen MR) is 93.3 cm³/mol. The number of benzene rings is 1. The van der Waals surface area contributed by atoms with E-state index in [4.69, 9.17) is 0 Å². The van der Waals surface area contributed by atoms with Crippen molar-refractivity contribution in [2.75, 3.05) is 13.1 Å². The summed E-state index contributed by atoms with van der Waals surface area (Å²) in [5.74, 6) is -0.122. The van der Waals surface area contributed by atoms with Gasteiger partial charge in [0.05, 0.1) is 11.3 Å². The number of aromatic nitrogens is 3. The van der Waals surface area contributed by atoms with Crippen molar-refractivity contribution in [3.63, 3.8) is 0 Å². The second-order valence-corrected chi connectivity index (χ2v) is 6.97. The summed E-state index contributed by atoms with van der Waals surface area (Å²) in [5.41, 5.74) is -0.502. The molecule has 0 radical (unpaired) electrons. The zero-order chi connectivity index (χ0) is 18.8. The first-order chi connectivity index (χ1) is 11.6. The van der Waals surface area contributed by atoms with Crippen LogP contribution in [0.5, 0.6) is 0 Å². The first kappa shape index (κ1) is 19.1. The lowest BCUT2D eigenvalue weighted by molar-refractivity contribution is 0.0308. The van der Waals surface area contributed by atoms with Crippen molar-refractivity contribution in [3.8, 4) is 5.69 Å². The molecule has 0 aliphatic carbocycles. The van der Waals surface area contributed by atoms with Gasteiger partial charge in [0, 0.05) is 19.0 Å². The van der Waals surface area contributed by atoms with Crippen molar-refractivity contribution in [2.45, 2.75) is 46.1 Å². The molecule has 0 aliphatic rings. The number of aliphatic hydroxyl groups is 1. The molecule has 136 valence electrons. The maximum Gasteiger partial charge on any atom is 0.293 e. The molecule has 0 bridgehead atoms. The van der Waals surface area contributed by atoms with Gasteiger partial charge in [-0.25, -0.2) is 14.1 Å². The van der Waals surface area contributed by atoms with E-state index in [-0.39, 0.29) is 30.0 Å². The average Bonchev–Trinajstić information content (AvgIpc) is 2.96. The van der Waals surface area contributed by atoms with Gasteiger partial charge in [0.15, 0.2) is 0 Å². The lowest BCUT2D eigenvalue weighted by atomic mass is 10.1. The Morgan fingerprint density at radius 1 is 1.40 bits per heavy atom. The van der Waals surface area contributed by atoms with Crippen molar-refractivity contribution >= 4 is 5.91 Å². The number of amides is 1. The molecule has 1 aromatic carbocycles. The molecule has 0 saturated heterocycles. The summed E-state index contributed by atoms with van der Waals surface area (Å²) in [6.45, 7) is 9.58. The Morgan fingerprint density at radius 2 is 2.08 bits per heavy atom. The minimum atomic E-state index is -1.02. The highest BCUT2D eigenvalue weighted by Gasteiger charge is 2.27. The minimum Gasteiger partial charge on any atom is -0.389 e. The average molecular weight is 348 g/mol. The number of hydrogen-bond donors (Lipinski definition) is 1. The van der Waals surface area contributed by atoms with E-state index in [1.165, 1.54) is 21.7 Å². The van der Waals surface area contributed by atoms with Gasteiger partial charge in [-0.15, -0.1) is 5.10 Å². The molecule has 0 aliphatic heterocycles. The van der Waals surface area contributed by atoms with Crippen LogP contribution in [0.25, 0.3) is 5.69 Å². The van der Waals surface area contributed by atoms with Gasteiger partial charge < -0.3 is 10.0 Å². The van der Waals surface area contributed by atoms with Gasteiger partial charge in [0.2, 0.25) is 5.82 Å². The highest BCUT2D eigenvalue weighted by molar-refractivity contribution is 5.90. The number of hydrogen-bond acceptors (Lipinski definition) is 4. The van der Waals surface area contributed by atoms with Gasteiger partial charge in [0.25, 0.3) is 5.91 Å². The highest BCUT2D eigenvalue weighted by atomic mass is 19.1. The molecule has 2 rings (SSSR count). The number of halogens is 1. The number of nitrogens with zero attached hydrogens (tertiary/aromatic N) is 4. The largest absolute Gasteiger partial charge is 0.389 e. The van der Waals surface area contributed by atoms with Crippen LogP contribution in [0.3, 0.4) is 0 Å². The lowest BCUT2D eigenvalue weighted by Gasteiger charge is -2.27. The van der Waals surface area contributed by atoms with Crippen LogP contribution >= 0.6 is 0 Å². The molecule has 1 N–H and O–H groups in total. The van der Waals surface area contributed by atoms with E-state index >= 15 is 0 Å². The van der Waals surface area contributed by atoms with Crippen molar-refractivity contribution in [2.24, 2.45) is 0 Å². The molecule has 1 amide bonds. The standard InChI is InChI=1S/C18H25FN4O2/c1-6-22(11-18(4,5)25)17(24)15-20-16(12(2)3)23(21-15)14-9-7-8-13(19)10-14/h7-10,12,25H,6,11H2,1-5H3. The number of carbonyl (C=O) groups is 1. The highest BCUT2D eigenvalue weighted by Crippen LogP contribution is 2.19. The van der Waals surface area contributed by atoms with Crippen LogP contribution in [-0.2, 0) is 0 Å². The lowest BCUT2D eigenvalue weighted by Crippen LogP contribution is -2.42. The van der Waals surface area contributed by atoms with Gasteiger partial charge in [-0.1, -0.05) is 19.9 Å². The van der Waals surface area contributed by atoms with E-state index in [9.17, 15) is 14.3 Å². The Bertz CT molecular complexity index is 750. The molecule has 25 heavy (non-hydrogen) atoms. The monoisotopic (exact) mass is 348 g/mol. The molecule has 6 nitrogen and oxygen atoms in total. The molecule has 1 aromatic heterocycles. The van der Waals surface area contributed by atoms with E-state index in [0.29, 0.717) is 18.1 Å². The van der Waals surface area contributed by atoms with Crippen LogP contribution in [0.4, 0.5) is 4.39 Å². The Balaban J connectivity index is 2.43. The predicted octanol–water partition coefficient (Wildman–Crippen LogP) is 2.76. The topological polar surface area (TPSA) is 71.2 Å². The van der Waals surface area contributed by atoms with E-state index in [0.717, 1.165) is 0 Å². The quantitative estimate of drug-likeness (QED) is 0.871. The van der Waals surface area contributed by atoms with Gasteiger partial charge in [0.1, 0.15) is 11.6 Å². The normalized spacial score (nSPS) is 11.8. The maximum atomic E-state index is 13.6. The summed E-state index contributed by atoms with van der Waals surface area (Å²) in [4.78, 5) is 18.6. The Kier molecular flexibility index (Phi) is 5.57. The molecule has 0 atom stereocenters. The van der Waals surface area contributed by atoms with E-state index in [2.05, 4.69) is 10.1 Å². The van der Waals surface area contributed by atoms with Crippen molar-refractivity contribution in [3.05, 3.63) is 41.7 Å². The molecule has 0 unspecified atom stereocenters. The Hall–Kier alpha value is -2.28. The van der Waals surface area contributed by atoms with E-state index in [1.54, 1.807) is 26.0 Å². The van der Waals surface area contributed by atoms with Gasteiger partial charge in [-0.3, -0.25) is 4.79 Å². The number of rotatable bonds is 6. The molecular formula is C18H25FN4O2. The zero-order valence-corrected chi connectivity index (χ0v) is 15.3. The zero-order valence-electron chi connectivity index (χ0n) is 15.3. The summed E-state index contributed by atoms with van der Waals surface area (Å²) in [7, 11) is 0. The summed E-state index contributed by atoms with van der Waals surface area (Å²) in [6.07, 6.45) is 0. The molecule has 0 fully saturated rings. The van der Waals surface area contributed by atoms with E-state index < -0.39 is 5.60 Å². The van der Waals surface area contributed by atoms with Crippen LogP contribution in [-0.4, -0.2) is 49.4 Å². The molecule has 0 spiro atoms. The Labute approximate surface area is 147 Å². The summed E-state index contributed by atoms with van der Waals surface area (Å²) in [5, 5.41) is 14.3. The molecule has 1 heterocycles. The third kappa shape index (κ3) is 4.63. The van der Waals surface area contributed by atoms with Crippen molar-refractivity contribution in [1.29, 1.82) is 0 Å². The second kappa shape index (κ2) is 7.31. The third-order valence-electron chi connectivity index (χ3n) is 3.64. The fraction of sp³-hybridized carbons (Fsp3) is 0.500. The molecular weight excluding hydrogens is 323 g/mol. The van der Waals surface area contributed by atoms with Gasteiger partial charge >= 0.3 is 0 Å². The smallest absolute Gasteiger partial charge is 0.293 e. The fourth-order valence-corrected chi connectivity index (χ4v) is 2.52. The number of carbonyl (C=O) groups excluding carboxylic acids is 1. The maximum absolute atomic E-state index is 13.6. The third-order valence-corrected chi connectivity index (χ3v) is 3.64. The summed E-state index contributed by atoms with van der Waals surface area (Å²) < 4.78 is 15.1. The number of likely N-dealkylation sites (N-methyl/N-ethyl adjacent to an activating group) is 1. The first-order valence-corrected chi connectivity index (χ1v) is 8.37.